The van der Waals surface area contributed by atoms with Crippen molar-refractivity contribution in [2.24, 2.45) is 0 Å². The van der Waals surface area contributed by atoms with E-state index in [0.29, 0.717) is 22.8 Å². The molecule has 4 nitrogen and oxygen atoms in total. The van der Waals surface area contributed by atoms with E-state index < -0.39 is 0 Å². The molecule has 1 aromatic rings. The van der Waals surface area contributed by atoms with Crippen molar-refractivity contribution in [1.82, 2.24) is 10.3 Å². The van der Waals surface area contributed by atoms with Crippen LogP contribution in [0.5, 0.6) is 0 Å². The van der Waals surface area contributed by atoms with Crippen molar-refractivity contribution in [1.29, 1.82) is 0 Å². The van der Waals surface area contributed by atoms with Crippen LogP contribution in [0.3, 0.4) is 0 Å². The zero-order chi connectivity index (χ0) is 15.1. The van der Waals surface area contributed by atoms with Gasteiger partial charge in [0.05, 0.1) is 12.2 Å². The van der Waals surface area contributed by atoms with E-state index in [4.69, 9.17) is 5.11 Å². The predicted molar refractivity (Wildman–Crippen MR) is 85.2 cm³/mol. The van der Waals surface area contributed by atoms with Crippen molar-refractivity contribution in [3.05, 3.63) is 29.6 Å². The lowest BCUT2D eigenvalue weighted by atomic mass is 10.1. The standard InChI is InChI=1S/C16H20N2O2S/c1-21-15-7-4-6-14(15)18-16(20)13-9-12(10-17-11-13)5-2-3-8-19/h9-11,14-15,19H,3-4,6-8H2,1H3,(H,18,20). The normalized spacial score (nSPS) is 20.7. The van der Waals surface area contributed by atoms with Crippen LogP contribution < -0.4 is 5.32 Å². The Kier molecular flexibility index (Phi) is 6.09. The highest BCUT2D eigenvalue weighted by Crippen LogP contribution is 2.28. The van der Waals surface area contributed by atoms with Crippen LogP contribution in [0.25, 0.3) is 0 Å². The van der Waals surface area contributed by atoms with Crippen molar-refractivity contribution < 1.29 is 9.90 Å². The maximum absolute atomic E-state index is 12.3. The first kappa shape index (κ1) is 15.9. The Bertz CT molecular complexity index is 551. The lowest BCUT2D eigenvalue weighted by Gasteiger charge is -2.19. The molecule has 1 saturated carbocycles. The van der Waals surface area contributed by atoms with Gasteiger partial charge in [-0.05, 0) is 25.2 Å². The average molecular weight is 304 g/mol. The minimum atomic E-state index is -0.0840. The Morgan fingerprint density at radius 1 is 1.52 bits per heavy atom. The number of nitrogens with zero attached hydrogens (tertiary/aromatic N) is 1. The van der Waals surface area contributed by atoms with Crippen LogP contribution in [0.4, 0.5) is 0 Å². The van der Waals surface area contributed by atoms with E-state index in [-0.39, 0.29) is 18.6 Å². The molecule has 0 aromatic carbocycles. The maximum atomic E-state index is 12.3. The lowest BCUT2D eigenvalue weighted by Crippen LogP contribution is -2.38. The van der Waals surface area contributed by atoms with Gasteiger partial charge in [-0.1, -0.05) is 18.3 Å². The second-order valence-corrected chi connectivity index (χ2v) is 6.10. The summed E-state index contributed by atoms with van der Waals surface area (Å²) in [5, 5.41) is 12.3. The molecule has 5 heteroatoms. The fraction of sp³-hybridized carbons (Fsp3) is 0.500. The number of hydrogen-bond acceptors (Lipinski definition) is 4. The molecule has 0 bridgehead atoms. The van der Waals surface area contributed by atoms with Gasteiger partial charge in [0.1, 0.15) is 0 Å². The predicted octanol–water partition coefficient (Wildman–Crippen LogP) is 1.83. The monoisotopic (exact) mass is 304 g/mol. The van der Waals surface area contributed by atoms with Crippen LogP contribution in [0, 0.1) is 11.8 Å². The SMILES string of the molecule is CSC1CCCC1NC(=O)c1cncc(C#CCCO)c1. The third-order valence-electron chi connectivity index (χ3n) is 3.54. The smallest absolute Gasteiger partial charge is 0.253 e. The number of aliphatic hydroxyl groups is 1. The van der Waals surface area contributed by atoms with Gasteiger partial charge in [0.25, 0.3) is 5.91 Å². The number of amides is 1. The third kappa shape index (κ3) is 4.48. The van der Waals surface area contributed by atoms with Gasteiger partial charge in [0.2, 0.25) is 0 Å². The van der Waals surface area contributed by atoms with E-state index in [2.05, 4.69) is 28.4 Å². The van der Waals surface area contributed by atoms with Crippen molar-refractivity contribution >= 4 is 17.7 Å². The van der Waals surface area contributed by atoms with Crippen LogP contribution >= 0.6 is 11.8 Å². The molecule has 1 aliphatic rings. The number of rotatable bonds is 4. The Morgan fingerprint density at radius 2 is 2.38 bits per heavy atom. The minimum Gasteiger partial charge on any atom is -0.395 e. The highest BCUT2D eigenvalue weighted by atomic mass is 32.2. The molecule has 112 valence electrons. The number of carbonyl (C=O) groups is 1. The molecule has 0 radical (unpaired) electrons. The van der Waals surface area contributed by atoms with Crippen LogP contribution in [-0.4, -0.2) is 40.2 Å². The molecule has 1 amide bonds. The van der Waals surface area contributed by atoms with Crippen molar-refractivity contribution in [2.45, 2.75) is 37.0 Å². The molecule has 1 aromatic heterocycles. The van der Waals surface area contributed by atoms with E-state index >= 15 is 0 Å². The number of pyridine rings is 1. The first-order chi connectivity index (χ1) is 10.2. The average Bonchev–Trinajstić information content (AvgIpc) is 2.95. The van der Waals surface area contributed by atoms with Gasteiger partial charge in [-0.3, -0.25) is 9.78 Å². The summed E-state index contributed by atoms with van der Waals surface area (Å²) in [6.07, 6.45) is 9.08. The summed E-state index contributed by atoms with van der Waals surface area (Å²) in [6.45, 7) is 0.0400. The zero-order valence-corrected chi connectivity index (χ0v) is 12.9. The largest absolute Gasteiger partial charge is 0.395 e. The molecule has 21 heavy (non-hydrogen) atoms. The van der Waals surface area contributed by atoms with E-state index in [9.17, 15) is 4.79 Å². The summed E-state index contributed by atoms with van der Waals surface area (Å²) in [5.74, 6) is 5.65. The second kappa shape index (κ2) is 8.06. The van der Waals surface area contributed by atoms with Crippen molar-refractivity contribution in [3.63, 3.8) is 0 Å². The van der Waals surface area contributed by atoms with Gasteiger partial charge in [-0.25, -0.2) is 0 Å². The van der Waals surface area contributed by atoms with E-state index in [0.717, 1.165) is 12.8 Å². The molecular weight excluding hydrogens is 284 g/mol. The van der Waals surface area contributed by atoms with Crippen molar-refractivity contribution in [2.75, 3.05) is 12.9 Å². The second-order valence-electron chi connectivity index (χ2n) is 5.02. The number of nitrogens with one attached hydrogen (secondary N) is 1. The summed E-state index contributed by atoms with van der Waals surface area (Å²) >= 11 is 1.82. The highest BCUT2D eigenvalue weighted by molar-refractivity contribution is 7.99. The first-order valence-corrected chi connectivity index (χ1v) is 8.42. The summed E-state index contributed by atoms with van der Waals surface area (Å²) in [4.78, 5) is 16.4. The Morgan fingerprint density at radius 3 is 3.14 bits per heavy atom. The molecule has 0 saturated heterocycles. The summed E-state index contributed by atoms with van der Waals surface area (Å²) < 4.78 is 0. The van der Waals surface area contributed by atoms with Gasteiger partial charge in [-0.2, -0.15) is 11.8 Å². The van der Waals surface area contributed by atoms with Crippen LogP contribution in [-0.2, 0) is 0 Å². The number of aromatic nitrogens is 1. The topological polar surface area (TPSA) is 62.2 Å². The van der Waals surface area contributed by atoms with Gasteiger partial charge in [-0.15, -0.1) is 0 Å². The molecule has 0 spiro atoms. The van der Waals surface area contributed by atoms with Crippen LogP contribution in [0.1, 0.15) is 41.6 Å². The van der Waals surface area contributed by atoms with Crippen LogP contribution in [0.15, 0.2) is 18.5 Å². The van der Waals surface area contributed by atoms with Gasteiger partial charge in [0, 0.05) is 35.7 Å². The summed E-state index contributed by atoms with van der Waals surface area (Å²) in [6, 6.07) is 1.99. The summed E-state index contributed by atoms with van der Waals surface area (Å²) in [5.41, 5.74) is 1.24. The molecular formula is C16H20N2O2S. The van der Waals surface area contributed by atoms with Gasteiger partial charge >= 0.3 is 0 Å². The minimum absolute atomic E-state index is 0.0400. The zero-order valence-electron chi connectivity index (χ0n) is 12.1. The number of hydrogen-bond donors (Lipinski definition) is 2. The van der Waals surface area contributed by atoms with Crippen molar-refractivity contribution in [3.8, 4) is 11.8 Å². The highest BCUT2D eigenvalue weighted by Gasteiger charge is 2.28. The third-order valence-corrected chi connectivity index (χ3v) is 4.71. The first-order valence-electron chi connectivity index (χ1n) is 7.13. The van der Waals surface area contributed by atoms with E-state index in [1.807, 2.05) is 11.8 Å². The maximum Gasteiger partial charge on any atom is 0.253 e. The molecule has 1 aliphatic carbocycles. The van der Waals surface area contributed by atoms with Crippen LogP contribution in [0.2, 0.25) is 0 Å². The molecule has 2 rings (SSSR count). The molecule has 1 heterocycles. The summed E-state index contributed by atoms with van der Waals surface area (Å²) in [7, 11) is 0. The van der Waals surface area contributed by atoms with E-state index in [1.54, 1.807) is 18.5 Å². The molecule has 1 fully saturated rings. The lowest BCUT2D eigenvalue weighted by molar-refractivity contribution is 0.0938. The molecule has 2 unspecified atom stereocenters. The number of carbonyl (C=O) groups excluding carboxylic acids is 1. The Labute approximate surface area is 129 Å². The molecule has 2 N–H and O–H groups in total. The fourth-order valence-corrected chi connectivity index (χ4v) is 3.41. The Balaban J connectivity index is 2.02. The fourth-order valence-electron chi connectivity index (χ4n) is 2.48. The number of aliphatic hydroxyl groups excluding tert-OH is 1. The van der Waals surface area contributed by atoms with Gasteiger partial charge < -0.3 is 10.4 Å². The Hall–Kier alpha value is -1.51. The van der Waals surface area contributed by atoms with Gasteiger partial charge in [0.15, 0.2) is 0 Å². The number of thioether (sulfide) groups is 1. The van der Waals surface area contributed by atoms with E-state index in [1.165, 1.54) is 6.42 Å². The molecule has 0 aliphatic heterocycles. The molecule has 2 atom stereocenters. The quantitative estimate of drug-likeness (QED) is 0.833.